The zero-order chi connectivity index (χ0) is 18.5. The summed E-state index contributed by atoms with van der Waals surface area (Å²) in [5.41, 5.74) is 0. The van der Waals surface area contributed by atoms with Gasteiger partial charge in [0.2, 0.25) is 5.89 Å². The number of hydrogen-bond acceptors (Lipinski definition) is 7. The molecule has 0 saturated heterocycles. The molecule has 0 saturated carbocycles. The van der Waals surface area contributed by atoms with Crippen molar-refractivity contribution in [3.63, 3.8) is 0 Å². The fraction of sp³-hybridized carbons (Fsp3) is 0.556. The van der Waals surface area contributed by atoms with Gasteiger partial charge in [0.25, 0.3) is 0 Å². The highest BCUT2D eigenvalue weighted by molar-refractivity contribution is 7.99. The molecule has 7 nitrogen and oxygen atoms in total. The van der Waals surface area contributed by atoms with E-state index in [0.717, 1.165) is 48.4 Å². The second-order valence-corrected chi connectivity index (χ2v) is 8.01. The molecule has 1 atom stereocenters. The van der Waals surface area contributed by atoms with E-state index >= 15 is 0 Å². The average molecular weight is 375 g/mol. The minimum atomic E-state index is -0.00237. The lowest BCUT2D eigenvalue weighted by atomic mass is 10.2. The molecule has 0 radical (unpaired) electrons. The Labute approximate surface area is 157 Å². The number of thioether (sulfide) groups is 1. The molecule has 3 heterocycles. The normalized spacial score (nSPS) is 12.8. The van der Waals surface area contributed by atoms with Crippen LogP contribution in [0.1, 0.15) is 57.5 Å². The highest BCUT2D eigenvalue weighted by Gasteiger charge is 2.22. The predicted octanol–water partition coefficient (Wildman–Crippen LogP) is 4.77. The van der Waals surface area contributed by atoms with E-state index < -0.39 is 0 Å². The van der Waals surface area contributed by atoms with E-state index in [-0.39, 0.29) is 5.25 Å². The first kappa shape index (κ1) is 18.7. The fourth-order valence-corrected chi connectivity index (χ4v) is 3.46. The Morgan fingerprint density at radius 1 is 1.23 bits per heavy atom. The lowest BCUT2D eigenvalue weighted by Crippen LogP contribution is -2.08. The van der Waals surface area contributed by atoms with E-state index in [9.17, 15) is 0 Å². The molecule has 26 heavy (non-hydrogen) atoms. The number of hydrogen-bond donors (Lipinski definition) is 0. The summed E-state index contributed by atoms with van der Waals surface area (Å²) in [4.78, 5) is 4.52. The van der Waals surface area contributed by atoms with Gasteiger partial charge in [0.15, 0.2) is 22.6 Å². The molecule has 140 valence electrons. The first-order valence-electron chi connectivity index (χ1n) is 9.04. The standard InChI is InChI=1S/C18H25N5O2S/c1-5-6-9-15-19-17(25-22-15)13(4)26-18-21-20-16(14-8-7-10-24-14)23(18)11-12(2)3/h7-8,10,12-13H,5-6,9,11H2,1-4H3. The van der Waals surface area contributed by atoms with Crippen molar-refractivity contribution in [1.82, 2.24) is 24.9 Å². The Hall–Kier alpha value is -2.09. The van der Waals surface area contributed by atoms with E-state index in [2.05, 4.69) is 45.7 Å². The summed E-state index contributed by atoms with van der Waals surface area (Å²) in [5.74, 6) is 3.32. The van der Waals surface area contributed by atoms with Crippen LogP contribution in [0.15, 0.2) is 32.5 Å². The van der Waals surface area contributed by atoms with Crippen molar-refractivity contribution in [2.24, 2.45) is 5.92 Å². The largest absolute Gasteiger partial charge is 0.461 e. The summed E-state index contributed by atoms with van der Waals surface area (Å²) in [6.07, 6.45) is 4.68. The minimum absolute atomic E-state index is 0.00237. The lowest BCUT2D eigenvalue weighted by Gasteiger charge is -2.12. The summed E-state index contributed by atoms with van der Waals surface area (Å²) >= 11 is 1.57. The number of nitrogens with zero attached hydrogens (tertiary/aromatic N) is 5. The van der Waals surface area contributed by atoms with Crippen molar-refractivity contribution in [3.05, 3.63) is 30.1 Å². The minimum Gasteiger partial charge on any atom is -0.461 e. The molecule has 3 aromatic heterocycles. The van der Waals surface area contributed by atoms with Gasteiger partial charge in [-0.1, -0.05) is 44.1 Å². The van der Waals surface area contributed by atoms with Gasteiger partial charge in [0.1, 0.15) is 0 Å². The number of aromatic nitrogens is 5. The van der Waals surface area contributed by atoms with Crippen LogP contribution in [0.25, 0.3) is 11.6 Å². The maximum absolute atomic E-state index is 5.51. The summed E-state index contributed by atoms with van der Waals surface area (Å²) in [5, 5.41) is 13.6. The maximum atomic E-state index is 5.51. The topological polar surface area (TPSA) is 82.8 Å². The van der Waals surface area contributed by atoms with E-state index in [1.54, 1.807) is 18.0 Å². The van der Waals surface area contributed by atoms with Gasteiger partial charge >= 0.3 is 0 Å². The molecule has 3 aromatic rings. The van der Waals surface area contributed by atoms with Gasteiger partial charge in [-0.2, -0.15) is 4.98 Å². The quantitative estimate of drug-likeness (QED) is 0.498. The van der Waals surface area contributed by atoms with Crippen LogP contribution in [0.5, 0.6) is 0 Å². The van der Waals surface area contributed by atoms with Gasteiger partial charge in [0.05, 0.1) is 11.5 Å². The number of unbranched alkanes of at least 4 members (excludes halogenated alkanes) is 1. The molecule has 0 fully saturated rings. The van der Waals surface area contributed by atoms with Crippen LogP contribution < -0.4 is 0 Å². The fourth-order valence-electron chi connectivity index (χ4n) is 2.57. The maximum Gasteiger partial charge on any atom is 0.239 e. The molecule has 0 amide bonds. The Balaban J connectivity index is 1.79. The van der Waals surface area contributed by atoms with Crippen molar-refractivity contribution < 1.29 is 8.94 Å². The van der Waals surface area contributed by atoms with Crippen LogP contribution in [0.2, 0.25) is 0 Å². The summed E-state index contributed by atoms with van der Waals surface area (Å²) < 4.78 is 13.0. The zero-order valence-electron chi connectivity index (χ0n) is 15.7. The van der Waals surface area contributed by atoms with E-state index in [1.807, 2.05) is 19.1 Å². The van der Waals surface area contributed by atoms with E-state index in [4.69, 9.17) is 8.94 Å². The molecular weight excluding hydrogens is 350 g/mol. The van der Waals surface area contributed by atoms with Gasteiger partial charge in [-0.05, 0) is 31.4 Å². The molecule has 0 spiro atoms. The van der Waals surface area contributed by atoms with Gasteiger partial charge in [-0.25, -0.2) is 0 Å². The van der Waals surface area contributed by atoms with Gasteiger partial charge in [-0.3, -0.25) is 4.57 Å². The smallest absolute Gasteiger partial charge is 0.239 e. The van der Waals surface area contributed by atoms with Crippen LogP contribution >= 0.6 is 11.8 Å². The first-order valence-corrected chi connectivity index (χ1v) is 9.92. The summed E-state index contributed by atoms with van der Waals surface area (Å²) in [6, 6.07) is 3.76. The molecule has 0 aliphatic heterocycles. The highest BCUT2D eigenvalue weighted by Crippen LogP contribution is 2.35. The predicted molar refractivity (Wildman–Crippen MR) is 99.7 cm³/mol. The first-order chi connectivity index (χ1) is 12.6. The lowest BCUT2D eigenvalue weighted by molar-refractivity contribution is 0.374. The Morgan fingerprint density at radius 3 is 2.77 bits per heavy atom. The van der Waals surface area contributed by atoms with Crippen LogP contribution in [-0.4, -0.2) is 24.9 Å². The van der Waals surface area contributed by atoms with Gasteiger partial charge in [0, 0.05) is 13.0 Å². The van der Waals surface area contributed by atoms with Crippen LogP contribution in [0.3, 0.4) is 0 Å². The summed E-state index contributed by atoms with van der Waals surface area (Å²) in [6.45, 7) is 9.34. The zero-order valence-corrected chi connectivity index (χ0v) is 16.5. The molecule has 0 N–H and O–H groups in total. The number of aryl methyl sites for hydroxylation is 1. The Morgan fingerprint density at radius 2 is 2.08 bits per heavy atom. The van der Waals surface area contributed by atoms with Crippen molar-refractivity contribution in [2.45, 2.75) is 63.9 Å². The summed E-state index contributed by atoms with van der Waals surface area (Å²) in [7, 11) is 0. The van der Waals surface area contributed by atoms with Gasteiger partial charge < -0.3 is 8.94 Å². The number of rotatable bonds is 9. The molecule has 0 bridgehead atoms. The van der Waals surface area contributed by atoms with Crippen molar-refractivity contribution in [2.75, 3.05) is 0 Å². The third-order valence-corrected chi connectivity index (χ3v) is 4.94. The molecule has 0 aliphatic carbocycles. The second-order valence-electron chi connectivity index (χ2n) is 6.70. The molecule has 1 unspecified atom stereocenters. The highest BCUT2D eigenvalue weighted by atomic mass is 32.2. The van der Waals surface area contributed by atoms with Crippen LogP contribution in [-0.2, 0) is 13.0 Å². The van der Waals surface area contributed by atoms with Crippen LogP contribution in [0, 0.1) is 5.92 Å². The average Bonchev–Trinajstić information content (AvgIpc) is 3.34. The van der Waals surface area contributed by atoms with Crippen LogP contribution in [0.4, 0.5) is 0 Å². The van der Waals surface area contributed by atoms with E-state index in [1.165, 1.54) is 0 Å². The van der Waals surface area contributed by atoms with Crippen molar-refractivity contribution in [3.8, 4) is 11.6 Å². The van der Waals surface area contributed by atoms with Gasteiger partial charge in [-0.15, -0.1) is 10.2 Å². The molecule has 0 aliphatic rings. The SMILES string of the molecule is CCCCc1noc(C(C)Sc2nnc(-c3ccco3)n2CC(C)C)n1. The molecule has 3 rings (SSSR count). The Bertz CT molecular complexity index is 810. The third-order valence-electron chi connectivity index (χ3n) is 3.87. The molecule has 8 heteroatoms. The van der Waals surface area contributed by atoms with Crippen molar-refractivity contribution >= 4 is 11.8 Å². The third kappa shape index (κ3) is 4.35. The van der Waals surface area contributed by atoms with Crippen molar-refractivity contribution in [1.29, 1.82) is 0 Å². The monoisotopic (exact) mass is 375 g/mol. The number of furan rings is 1. The molecular formula is C18H25N5O2S. The van der Waals surface area contributed by atoms with E-state index in [0.29, 0.717) is 11.8 Å². The Kier molecular flexibility index (Phi) is 6.13. The molecule has 0 aromatic carbocycles. The second kappa shape index (κ2) is 8.53.